The lowest BCUT2D eigenvalue weighted by atomic mass is 10.2. The number of nitrogens with zero attached hydrogens (tertiary/aromatic N) is 3. The van der Waals surface area contributed by atoms with Gasteiger partial charge in [-0.15, -0.1) is 0 Å². The van der Waals surface area contributed by atoms with E-state index in [-0.39, 0.29) is 0 Å². The van der Waals surface area contributed by atoms with E-state index >= 15 is 0 Å². The van der Waals surface area contributed by atoms with Gasteiger partial charge in [0, 0.05) is 18.9 Å². The summed E-state index contributed by atoms with van der Waals surface area (Å²) in [5.41, 5.74) is 1.90. The number of thioether (sulfide) groups is 1. The van der Waals surface area contributed by atoms with Gasteiger partial charge in [-0.05, 0) is 30.5 Å². The molecule has 116 valence electrons. The number of rotatable bonds is 4. The maximum absolute atomic E-state index is 8.79. The smallest absolute Gasteiger partial charge is 0.159 e. The van der Waals surface area contributed by atoms with Crippen LogP contribution in [0, 0.1) is 11.3 Å². The lowest BCUT2D eigenvalue weighted by Gasteiger charge is -2.28. The molecule has 1 aromatic rings. The van der Waals surface area contributed by atoms with E-state index in [0.717, 1.165) is 37.4 Å². The summed E-state index contributed by atoms with van der Waals surface area (Å²) in [6, 6.07) is 9.85. The number of benzene rings is 1. The molecule has 0 aliphatic carbocycles. The van der Waals surface area contributed by atoms with Crippen LogP contribution in [0.15, 0.2) is 29.3 Å². The Labute approximate surface area is 135 Å². The van der Waals surface area contributed by atoms with Gasteiger partial charge in [-0.3, -0.25) is 4.90 Å². The number of aliphatic imine (C=N–C) groups is 1. The summed E-state index contributed by atoms with van der Waals surface area (Å²) in [4.78, 5) is 6.87. The van der Waals surface area contributed by atoms with Crippen molar-refractivity contribution in [2.24, 2.45) is 4.99 Å². The van der Waals surface area contributed by atoms with Gasteiger partial charge in [-0.25, -0.2) is 4.99 Å². The minimum atomic E-state index is 0.379. The molecule has 6 heteroatoms. The molecule has 2 aliphatic heterocycles. The Hall–Kier alpha value is -1.55. The topological polar surface area (TPSA) is 60.7 Å². The Bertz CT molecular complexity index is 561. The van der Waals surface area contributed by atoms with Crippen molar-refractivity contribution < 1.29 is 4.74 Å². The van der Waals surface area contributed by atoms with Crippen LogP contribution in [0.4, 0.5) is 0 Å². The van der Waals surface area contributed by atoms with Crippen LogP contribution in [0.1, 0.15) is 24.0 Å². The SMILES string of the molecule is N#Cc1ccc(CSC2=NCN(CC3CCCO3)CN2)cc1. The zero-order valence-electron chi connectivity index (χ0n) is 12.5. The molecule has 0 aromatic heterocycles. The lowest BCUT2D eigenvalue weighted by molar-refractivity contribution is 0.0717. The highest BCUT2D eigenvalue weighted by Gasteiger charge is 2.20. The summed E-state index contributed by atoms with van der Waals surface area (Å²) in [5.74, 6) is 0.864. The second-order valence-corrected chi connectivity index (χ2v) is 6.49. The van der Waals surface area contributed by atoms with Crippen molar-refractivity contribution in [3.05, 3.63) is 35.4 Å². The molecule has 0 amide bonds. The molecule has 0 saturated carbocycles. The van der Waals surface area contributed by atoms with E-state index in [0.29, 0.717) is 11.7 Å². The largest absolute Gasteiger partial charge is 0.377 e. The summed E-state index contributed by atoms with van der Waals surface area (Å²) >= 11 is 1.71. The highest BCUT2D eigenvalue weighted by Crippen LogP contribution is 2.17. The van der Waals surface area contributed by atoms with Gasteiger partial charge in [-0.1, -0.05) is 23.9 Å². The second kappa shape index (κ2) is 7.63. The third-order valence-electron chi connectivity index (χ3n) is 3.81. The highest BCUT2D eigenvalue weighted by atomic mass is 32.2. The van der Waals surface area contributed by atoms with Crippen LogP contribution in [0.25, 0.3) is 0 Å². The highest BCUT2D eigenvalue weighted by molar-refractivity contribution is 8.13. The third kappa shape index (κ3) is 4.23. The molecule has 2 heterocycles. The van der Waals surface area contributed by atoms with E-state index in [1.165, 1.54) is 18.4 Å². The van der Waals surface area contributed by atoms with E-state index in [1.54, 1.807) is 11.8 Å². The van der Waals surface area contributed by atoms with Crippen LogP contribution in [-0.4, -0.2) is 42.7 Å². The first-order valence-electron chi connectivity index (χ1n) is 7.57. The Morgan fingerprint density at radius 2 is 2.27 bits per heavy atom. The van der Waals surface area contributed by atoms with Gasteiger partial charge in [0.05, 0.1) is 31.1 Å². The molecule has 1 N–H and O–H groups in total. The molecule has 1 fully saturated rings. The maximum atomic E-state index is 8.79. The van der Waals surface area contributed by atoms with Crippen molar-refractivity contribution in [2.75, 3.05) is 26.5 Å². The molecule has 2 aliphatic rings. The van der Waals surface area contributed by atoms with E-state index in [4.69, 9.17) is 10.00 Å². The zero-order valence-corrected chi connectivity index (χ0v) is 13.3. The van der Waals surface area contributed by atoms with Crippen molar-refractivity contribution in [3.8, 4) is 6.07 Å². The van der Waals surface area contributed by atoms with Gasteiger partial charge in [0.2, 0.25) is 0 Å². The van der Waals surface area contributed by atoms with Crippen molar-refractivity contribution in [2.45, 2.75) is 24.7 Å². The molecule has 22 heavy (non-hydrogen) atoms. The number of amidine groups is 1. The predicted molar refractivity (Wildman–Crippen MR) is 88.4 cm³/mol. The van der Waals surface area contributed by atoms with E-state index in [1.807, 2.05) is 24.3 Å². The van der Waals surface area contributed by atoms with Crippen LogP contribution in [0.3, 0.4) is 0 Å². The van der Waals surface area contributed by atoms with Gasteiger partial charge >= 0.3 is 0 Å². The van der Waals surface area contributed by atoms with E-state index < -0.39 is 0 Å². The molecule has 1 aromatic carbocycles. The zero-order chi connectivity index (χ0) is 15.2. The number of nitriles is 1. The fourth-order valence-electron chi connectivity index (χ4n) is 2.57. The number of nitrogens with one attached hydrogen (secondary N) is 1. The summed E-state index contributed by atoms with van der Waals surface area (Å²) in [6.45, 7) is 3.44. The first-order valence-corrected chi connectivity index (χ1v) is 8.56. The molecule has 0 bridgehead atoms. The van der Waals surface area contributed by atoms with Gasteiger partial charge in [0.25, 0.3) is 0 Å². The van der Waals surface area contributed by atoms with E-state index in [9.17, 15) is 0 Å². The summed E-state index contributed by atoms with van der Waals surface area (Å²) in [7, 11) is 0. The van der Waals surface area contributed by atoms with Gasteiger partial charge in [-0.2, -0.15) is 5.26 Å². The molecule has 1 unspecified atom stereocenters. The molecule has 1 atom stereocenters. The maximum Gasteiger partial charge on any atom is 0.159 e. The van der Waals surface area contributed by atoms with Crippen LogP contribution >= 0.6 is 11.8 Å². The van der Waals surface area contributed by atoms with Crippen LogP contribution in [0.2, 0.25) is 0 Å². The van der Waals surface area contributed by atoms with E-state index in [2.05, 4.69) is 21.3 Å². The van der Waals surface area contributed by atoms with Crippen molar-refractivity contribution >= 4 is 16.9 Å². The molecule has 0 radical (unpaired) electrons. The Morgan fingerprint density at radius 1 is 1.41 bits per heavy atom. The normalized spacial score (nSPS) is 22.0. The third-order valence-corrected chi connectivity index (χ3v) is 4.84. The fourth-order valence-corrected chi connectivity index (χ4v) is 3.38. The molecule has 0 spiro atoms. The molecular weight excluding hydrogens is 296 g/mol. The first-order chi connectivity index (χ1) is 10.8. The molecule has 5 nitrogen and oxygen atoms in total. The van der Waals surface area contributed by atoms with Gasteiger partial charge in [0.15, 0.2) is 5.17 Å². The van der Waals surface area contributed by atoms with Gasteiger partial charge in [0.1, 0.15) is 0 Å². The van der Waals surface area contributed by atoms with Gasteiger partial charge < -0.3 is 10.1 Å². The minimum Gasteiger partial charge on any atom is -0.377 e. The van der Waals surface area contributed by atoms with Crippen LogP contribution < -0.4 is 5.32 Å². The minimum absolute atomic E-state index is 0.379. The number of hydrogen-bond donors (Lipinski definition) is 1. The lowest BCUT2D eigenvalue weighted by Crippen LogP contribution is -2.44. The Balaban J connectivity index is 1.43. The first kappa shape index (κ1) is 15.3. The van der Waals surface area contributed by atoms with Crippen molar-refractivity contribution in [3.63, 3.8) is 0 Å². The standard InChI is InChI=1S/C16H20N4OS/c17-8-13-3-5-14(6-4-13)10-22-16-18-11-20(12-19-16)9-15-2-1-7-21-15/h3-6,15H,1-2,7,9-12H2,(H,18,19). The number of hydrogen-bond acceptors (Lipinski definition) is 6. The summed E-state index contributed by atoms with van der Waals surface area (Å²) in [6.07, 6.45) is 2.73. The average Bonchev–Trinajstić information content (AvgIpc) is 3.08. The molecule has 1 saturated heterocycles. The summed E-state index contributed by atoms with van der Waals surface area (Å²) < 4.78 is 5.66. The average molecular weight is 316 g/mol. The predicted octanol–water partition coefficient (Wildman–Crippen LogP) is 2.15. The summed E-state index contributed by atoms with van der Waals surface area (Å²) in [5, 5.41) is 13.2. The van der Waals surface area contributed by atoms with Crippen LogP contribution in [-0.2, 0) is 10.5 Å². The molecular formula is C16H20N4OS. The molecule has 3 rings (SSSR count). The fraction of sp³-hybridized carbons (Fsp3) is 0.500. The Kier molecular flexibility index (Phi) is 5.33. The van der Waals surface area contributed by atoms with Crippen molar-refractivity contribution in [1.82, 2.24) is 10.2 Å². The second-order valence-electron chi connectivity index (χ2n) is 5.53. The monoisotopic (exact) mass is 316 g/mol. The number of ether oxygens (including phenoxy) is 1. The van der Waals surface area contributed by atoms with Crippen LogP contribution in [0.5, 0.6) is 0 Å². The quantitative estimate of drug-likeness (QED) is 0.922. The Morgan fingerprint density at radius 3 is 2.91 bits per heavy atom. The van der Waals surface area contributed by atoms with Crippen molar-refractivity contribution in [1.29, 1.82) is 5.26 Å².